The van der Waals surface area contributed by atoms with Crippen LogP contribution >= 0.6 is 0 Å². The first kappa shape index (κ1) is 34.5. The van der Waals surface area contributed by atoms with Crippen LogP contribution in [0.4, 0.5) is 17.1 Å². The van der Waals surface area contributed by atoms with E-state index in [-0.39, 0.29) is 0 Å². The van der Waals surface area contributed by atoms with E-state index in [0.29, 0.717) is 0 Å². The van der Waals surface area contributed by atoms with Crippen LogP contribution in [0.1, 0.15) is 22.3 Å². The molecule has 0 saturated heterocycles. The maximum absolute atomic E-state index is 6.53. The summed E-state index contributed by atoms with van der Waals surface area (Å²) >= 11 is 0. The van der Waals surface area contributed by atoms with Crippen LogP contribution < -0.4 is 4.90 Å². The summed E-state index contributed by atoms with van der Waals surface area (Å²) in [6.07, 6.45) is 0. The molecular weight excluding hydrogens is 763 g/mol. The molecule has 1 spiro atoms. The second-order valence-corrected chi connectivity index (χ2v) is 17.1. The lowest BCUT2D eigenvalue weighted by molar-refractivity contribution is 0.670. The number of nitrogens with zero attached hydrogens (tertiary/aromatic N) is 1. The average Bonchev–Trinajstić information content (AvgIpc) is 3.99. The number of benzene rings is 11. The highest BCUT2D eigenvalue weighted by Crippen LogP contribution is 2.63. The molecule has 0 bridgehead atoms. The Kier molecular flexibility index (Phi) is 7.07. The Balaban J connectivity index is 1.05. The molecule has 0 radical (unpaired) electrons. The summed E-state index contributed by atoms with van der Waals surface area (Å²) in [4.78, 5) is 2.50. The van der Waals surface area contributed by atoms with Gasteiger partial charge in [-0.2, -0.15) is 0 Å². The van der Waals surface area contributed by atoms with Crippen molar-refractivity contribution in [3.05, 3.63) is 247 Å². The van der Waals surface area contributed by atoms with Crippen molar-refractivity contribution >= 4 is 71.3 Å². The molecule has 1 heterocycles. The third kappa shape index (κ3) is 4.62. The fourth-order valence-electron chi connectivity index (χ4n) is 11.5. The van der Waals surface area contributed by atoms with Gasteiger partial charge < -0.3 is 9.32 Å². The number of fused-ring (bicyclic) bond motifs is 19. The van der Waals surface area contributed by atoms with Crippen LogP contribution in [-0.4, -0.2) is 0 Å². The molecule has 2 nitrogen and oxygen atoms in total. The minimum Gasteiger partial charge on any atom is -0.455 e. The Morgan fingerprint density at radius 2 is 0.778 bits per heavy atom. The van der Waals surface area contributed by atoms with E-state index in [1.165, 1.54) is 76.8 Å². The topological polar surface area (TPSA) is 16.4 Å². The lowest BCUT2D eigenvalue weighted by Crippen LogP contribution is -2.26. The van der Waals surface area contributed by atoms with Gasteiger partial charge in [0.25, 0.3) is 0 Å². The Hall–Kier alpha value is -8.20. The minimum absolute atomic E-state index is 0.461. The molecule has 2 aliphatic carbocycles. The molecule has 0 amide bonds. The van der Waals surface area contributed by atoms with Crippen LogP contribution in [0.2, 0.25) is 0 Å². The molecule has 292 valence electrons. The molecule has 0 aliphatic heterocycles. The van der Waals surface area contributed by atoms with Crippen LogP contribution in [0, 0.1) is 0 Å². The quantitative estimate of drug-likeness (QED) is 0.165. The van der Waals surface area contributed by atoms with E-state index in [0.717, 1.165) is 50.1 Å². The van der Waals surface area contributed by atoms with Crippen LogP contribution in [0.3, 0.4) is 0 Å². The number of anilines is 3. The maximum atomic E-state index is 6.53. The minimum atomic E-state index is -0.461. The summed E-state index contributed by atoms with van der Waals surface area (Å²) in [6.45, 7) is 0. The number of hydrogen-bond acceptors (Lipinski definition) is 2. The molecule has 2 heteroatoms. The third-order valence-corrected chi connectivity index (χ3v) is 14.1. The highest BCUT2D eigenvalue weighted by atomic mass is 16.3. The van der Waals surface area contributed by atoms with Gasteiger partial charge in [0, 0.05) is 33.1 Å². The zero-order chi connectivity index (χ0) is 41.2. The Bertz CT molecular complexity index is 3760. The summed E-state index contributed by atoms with van der Waals surface area (Å²) in [5, 5.41) is 9.76. The van der Waals surface area contributed by atoms with E-state index >= 15 is 0 Å². The van der Waals surface area contributed by atoms with Crippen molar-refractivity contribution in [2.45, 2.75) is 5.41 Å². The smallest absolute Gasteiger partial charge is 0.143 e. The molecular formula is C61H37NO. The van der Waals surface area contributed by atoms with Gasteiger partial charge >= 0.3 is 0 Å². The number of para-hydroxylation sites is 2. The van der Waals surface area contributed by atoms with E-state index in [4.69, 9.17) is 4.42 Å². The van der Waals surface area contributed by atoms with Gasteiger partial charge in [0.1, 0.15) is 11.2 Å². The fourth-order valence-corrected chi connectivity index (χ4v) is 11.5. The Labute approximate surface area is 364 Å². The van der Waals surface area contributed by atoms with E-state index in [2.05, 4.69) is 223 Å². The van der Waals surface area contributed by atoms with E-state index < -0.39 is 5.41 Å². The van der Waals surface area contributed by atoms with Gasteiger partial charge in [-0.05, 0) is 113 Å². The largest absolute Gasteiger partial charge is 0.455 e. The first-order chi connectivity index (χ1) is 31.3. The fraction of sp³-hybridized carbons (Fsp3) is 0.0164. The van der Waals surface area contributed by atoms with Crippen molar-refractivity contribution in [3.63, 3.8) is 0 Å². The normalized spacial score (nSPS) is 13.2. The predicted molar refractivity (Wildman–Crippen MR) is 263 cm³/mol. The molecule has 11 aromatic carbocycles. The van der Waals surface area contributed by atoms with Crippen LogP contribution in [0.15, 0.2) is 229 Å². The SMILES string of the molecule is c1ccc2c(c1)-c1ccccc1C21c2ccccc2-c2ccc(N(c3ccc(-c4cccc5c4oc4ccccc45)cc3)c3cccc4c5ccccc5c5ccccc5c34)cc21. The first-order valence-corrected chi connectivity index (χ1v) is 21.8. The summed E-state index contributed by atoms with van der Waals surface area (Å²) in [7, 11) is 0. The molecule has 1 aromatic heterocycles. The summed E-state index contributed by atoms with van der Waals surface area (Å²) < 4.78 is 6.53. The molecule has 0 N–H and O–H groups in total. The summed E-state index contributed by atoms with van der Waals surface area (Å²) in [5.74, 6) is 0. The summed E-state index contributed by atoms with van der Waals surface area (Å²) in [6, 6.07) is 82.9. The molecule has 0 saturated carbocycles. The van der Waals surface area contributed by atoms with Crippen LogP contribution in [-0.2, 0) is 5.41 Å². The van der Waals surface area contributed by atoms with Gasteiger partial charge in [-0.25, -0.2) is 0 Å². The van der Waals surface area contributed by atoms with Gasteiger partial charge in [-0.1, -0.05) is 188 Å². The number of furan rings is 1. The standard InChI is InChI=1S/C61H37NO/c1-2-16-44-42(15-1)43-17-3-4-22-50(43)59-51(44)24-14-29-57(59)62(39-33-31-38(32-34-39)41-23-13-25-52-49-21-8-12-30-58(49)63-60(41)52)40-35-36-48-47-20-7-11-28-55(47)61(56(48)37-40)53-26-9-5-18-45(53)46-19-6-10-27-54(46)61/h1-37H. The van der Waals surface area contributed by atoms with Crippen molar-refractivity contribution in [2.75, 3.05) is 4.90 Å². The van der Waals surface area contributed by atoms with Crippen molar-refractivity contribution < 1.29 is 4.42 Å². The molecule has 0 fully saturated rings. The zero-order valence-corrected chi connectivity index (χ0v) is 34.2. The van der Waals surface area contributed by atoms with Crippen molar-refractivity contribution in [1.82, 2.24) is 0 Å². The second-order valence-electron chi connectivity index (χ2n) is 17.1. The van der Waals surface area contributed by atoms with Crippen molar-refractivity contribution in [1.29, 1.82) is 0 Å². The Morgan fingerprint density at radius 1 is 0.317 bits per heavy atom. The van der Waals surface area contributed by atoms with Crippen molar-refractivity contribution in [2.24, 2.45) is 0 Å². The lowest BCUT2D eigenvalue weighted by atomic mass is 9.70. The summed E-state index contributed by atoms with van der Waals surface area (Å²) in [5.41, 5.74) is 17.4. The second kappa shape index (κ2) is 12.9. The van der Waals surface area contributed by atoms with Crippen LogP contribution in [0.25, 0.3) is 87.6 Å². The molecule has 63 heavy (non-hydrogen) atoms. The highest BCUT2D eigenvalue weighted by Gasteiger charge is 2.51. The molecule has 0 unspecified atom stereocenters. The number of hydrogen-bond donors (Lipinski definition) is 0. The van der Waals surface area contributed by atoms with E-state index in [1.54, 1.807) is 0 Å². The molecule has 14 rings (SSSR count). The van der Waals surface area contributed by atoms with Gasteiger partial charge in [-0.3, -0.25) is 0 Å². The third-order valence-electron chi connectivity index (χ3n) is 14.1. The van der Waals surface area contributed by atoms with E-state index in [1.807, 2.05) is 6.07 Å². The average molecular weight is 800 g/mol. The monoisotopic (exact) mass is 799 g/mol. The molecule has 12 aromatic rings. The van der Waals surface area contributed by atoms with Gasteiger partial charge in [-0.15, -0.1) is 0 Å². The molecule has 0 atom stereocenters. The van der Waals surface area contributed by atoms with Gasteiger partial charge in [0.05, 0.1) is 11.1 Å². The molecule has 2 aliphatic rings. The lowest BCUT2D eigenvalue weighted by Gasteiger charge is -2.32. The van der Waals surface area contributed by atoms with Crippen molar-refractivity contribution in [3.8, 4) is 33.4 Å². The maximum Gasteiger partial charge on any atom is 0.143 e. The van der Waals surface area contributed by atoms with Gasteiger partial charge in [0.2, 0.25) is 0 Å². The van der Waals surface area contributed by atoms with Gasteiger partial charge in [0.15, 0.2) is 0 Å². The highest BCUT2D eigenvalue weighted by molar-refractivity contribution is 6.28. The van der Waals surface area contributed by atoms with E-state index in [9.17, 15) is 0 Å². The number of rotatable bonds is 4. The van der Waals surface area contributed by atoms with Crippen LogP contribution in [0.5, 0.6) is 0 Å². The first-order valence-electron chi connectivity index (χ1n) is 21.8. The predicted octanol–water partition coefficient (Wildman–Crippen LogP) is 16.5. The zero-order valence-electron chi connectivity index (χ0n) is 34.2. The Morgan fingerprint density at radius 3 is 1.43 bits per heavy atom.